The van der Waals surface area contributed by atoms with Crippen molar-refractivity contribution >= 4 is 23.7 Å². The molecule has 2 aliphatic rings. The van der Waals surface area contributed by atoms with E-state index in [2.05, 4.69) is 20.6 Å². The molecule has 0 bridgehead atoms. The standard InChI is InChI=1S/C19H17N7O3.C2HF3O2/c27-17-4-3-16(18(28)21-17)25-8-12-7-14(1-2-15(12)19(25)29)26-10-13(22-23-26)9-24-6-5-20-11-24;3-2(4,5)1(6)7/h1-2,5-7,10-11,16H,3-4,8-9H2,(H,21,27,28);(H,6,7). The number of alkyl halides is 3. The molecule has 0 radical (unpaired) electrons. The van der Waals surface area contributed by atoms with E-state index in [0.717, 1.165) is 16.9 Å². The summed E-state index contributed by atoms with van der Waals surface area (Å²) in [5.41, 5.74) is 2.96. The molecule has 12 nitrogen and oxygen atoms in total. The maximum Gasteiger partial charge on any atom is 0.490 e. The van der Waals surface area contributed by atoms with Crippen LogP contribution in [-0.4, -0.2) is 70.5 Å². The van der Waals surface area contributed by atoms with E-state index in [-0.39, 0.29) is 18.2 Å². The molecule has 188 valence electrons. The predicted octanol–water partition coefficient (Wildman–Crippen LogP) is 0.906. The molecule has 0 saturated carbocycles. The third kappa shape index (κ3) is 5.24. The van der Waals surface area contributed by atoms with E-state index in [0.29, 0.717) is 25.1 Å². The zero-order chi connectivity index (χ0) is 26.0. The summed E-state index contributed by atoms with van der Waals surface area (Å²) in [6, 6.07) is 4.81. The molecular weight excluding hydrogens is 487 g/mol. The molecule has 36 heavy (non-hydrogen) atoms. The minimum Gasteiger partial charge on any atom is -0.475 e. The van der Waals surface area contributed by atoms with Gasteiger partial charge in [-0.05, 0) is 30.2 Å². The molecule has 15 heteroatoms. The van der Waals surface area contributed by atoms with Crippen molar-refractivity contribution in [2.45, 2.75) is 38.1 Å². The van der Waals surface area contributed by atoms with Crippen LogP contribution >= 0.6 is 0 Å². The molecule has 2 aliphatic heterocycles. The first-order valence-corrected chi connectivity index (χ1v) is 10.5. The second-order valence-corrected chi connectivity index (χ2v) is 7.93. The highest BCUT2D eigenvalue weighted by Crippen LogP contribution is 2.29. The Labute approximate surface area is 200 Å². The Kier molecular flexibility index (Phi) is 6.55. The molecule has 0 spiro atoms. The number of aliphatic carboxylic acids is 1. The lowest BCUT2D eigenvalue weighted by Gasteiger charge is -2.29. The molecule has 1 aromatic carbocycles. The molecular formula is C21H18F3N7O5. The number of benzene rings is 1. The zero-order valence-electron chi connectivity index (χ0n) is 18.3. The van der Waals surface area contributed by atoms with Crippen LogP contribution in [0.15, 0.2) is 43.1 Å². The van der Waals surface area contributed by atoms with Crippen molar-refractivity contribution in [1.82, 2.24) is 34.8 Å². The Morgan fingerprint density at radius 2 is 1.97 bits per heavy atom. The number of fused-ring (bicyclic) bond motifs is 1. The zero-order valence-corrected chi connectivity index (χ0v) is 18.3. The normalized spacial score (nSPS) is 17.4. The maximum atomic E-state index is 12.8. The van der Waals surface area contributed by atoms with Crippen LogP contribution in [0.2, 0.25) is 0 Å². The number of piperidine rings is 1. The number of hydrogen-bond donors (Lipinski definition) is 2. The Hall–Kier alpha value is -4.56. The highest BCUT2D eigenvalue weighted by molar-refractivity contribution is 6.05. The number of nitrogens with zero attached hydrogens (tertiary/aromatic N) is 6. The fourth-order valence-corrected chi connectivity index (χ4v) is 3.77. The number of imidazole rings is 1. The number of carboxylic acid groups (broad SMARTS) is 1. The van der Waals surface area contributed by atoms with E-state index in [1.54, 1.807) is 29.3 Å². The SMILES string of the molecule is O=C(O)C(F)(F)F.O=C1CCC(N2Cc3cc(-n4cc(Cn5ccnc5)nn4)ccc3C2=O)C(=O)N1. The van der Waals surface area contributed by atoms with Crippen molar-refractivity contribution in [2.75, 3.05) is 0 Å². The first-order chi connectivity index (χ1) is 17.0. The topological polar surface area (TPSA) is 152 Å². The minimum atomic E-state index is -5.08. The average Bonchev–Trinajstić information content (AvgIpc) is 3.55. The van der Waals surface area contributed by atoms with Crippen LogP contribution in [0.5, 0.6) is 0 Å². The number of halogens is 3. The van der Waals surface area contributed by atoms with Gasteiger partial charge in [-0.25, -0.2) is 14.5 Å². The summed E-state index contributed by atoms with van der Waals surface area (Å²) < 4.78 is 35.3. The van der Waals surface area contributed by atoms with Crippen LogP contribution in [0.4, 0.5) is 13.2 Å². The lowest BCUT2D eigenvalue weighted by Crippen LogP contribution is -2.52. The summed E-state index contributed by atoms with van der Waals surface area (Å²) in [5.74, 6) is -3.66. The molecule has 1 unspecified atom stereocenters. The van der Waals surface area contributed by atoms with E-state index in [4.69, 9.17) is 9.90 Å². The molecule has 2 N–H and O–H groups in total. The smallest absolute Gasteiger partial charge is 0.475 e. The Morgan fingerprint density at radius 1 is 1.22 bits per heavy atom. The molecule has 0 aliphatic carbocycles. The third-order valence-corrected chi connectivity index (χ3v) is 5.46. The van der Waals surface area contributed by atoms with Crippen molar-refractivity contribution < 1.29 is 37.5 Å². The Balaban J connectivity index is 0.000000384. The van der Waals surface area contributed by atoms with Gasteiger partial charge in [0, 0.05) is 30.9 Å². The molecule has 2 aromatic heterocycles. The lowest BCUT2D eigenvalue weighted by molar-refractivity contribution is -0.192. The molecule has 3 amide bonds. The number of imide groups is 1. The highest BCUT2D eigenvalue weighted by Gasteiger charge is 2.39. The van der Waals surface area contributed by atoms with Crippen LogP contribution in [-0.2, 0) is 27.5 Å². The fraction of sp³-hybridized carbons (Fsp3) is 0.286. The lowest BCUT2D eigenvalue weighted by atomic mass is 10.0. The Bertz CT molecular complexity index is 1320. The predicted molar refractivity (Wildman–Crippen MR) is 112 cm³/mol. The molecule has 4 heterocycles. The summed E-state index contributed by atoms with van der Waals surface area (Å²) in [7, 11) is 0. The number of hydrogen-bond acceptors (Lipinski definition) is 7. The minimum absolute atomic E-state index is 0.194. The van der Waals surface area contributed by atoms with E-state index in [1.165, 1.54) is 4.90 Å². The van der Waals surface area contributed by atoms with Crippen molar-refractivity contribution in [3.05, 3.63) is 59.9 Å². The van der Waals surface area contributed by atoms with Crippen LogP contribution in [0.25, 0.3) is 5.69 Å². The van der Waals surface area contributed by atoms with Crippen LogP contribution < -0.4 is 5.32 Å². The third-order valence-electron chi connectivity index (χ3n) is 5.46. The summed E-state index contributed by atoms with van der Waals surface area (Å²) in [6.45, 7) is 0.886. The van der Waals surface area contributed by atoms with E-state index >= 15 is 0 Å². The van der Waals surface area contributed by atoms with Gasteiger partial charge in [0.1, 0.15) is 11.7 Å². The first-order valence-electron chi connectivity index (χ1n) is 10.5. The second kappa shape index (κ2) is 9.59. The molecule has 1 fully saturated rings. The van der Waals surface area contributed by atoms with Crippen molar-refractivity contribution in [3.63, 3.8) is 0 Å². The van der Waals surface area contributed by atoms with E-state index in [1.807, 2.05) is 23.0 Å². The largest absolute Gasteiger partial charge is 0.490 e. The van der Waals surface area contributed by atoms with Gasteiger partial charge in [0.15, 0.2) is 0 Å². The number of carbonyl (C=O) groups is 4. The van der Waals surface area contributed by atoms with Crippen LogP contribution in [0.1, 0.15) is 34.5 Å². The number of aromatic nitrogens is 5. The van der Waals surface area contributed by atoms with E-state index < -0.39 is 24.1 Å². The maximum absolute atomic E-state index is 12.8. The first kappa shape index (κ1) is 24.6. The summed E-state index contributed by atoms with van der Waals surface area (Å²) in [4.78, 5) is 50.7. The van der Waals surface area contributed by atoms with Crippen molar-refractivity contribution in [3.8, 4) is 5.69 Å². The fourth-order valence-electron chi connectivity index (χ4n) is 3.77. The van der Waals surface area contributed by atoms with Gasteiger partial charge >= 0.3 is 12.1 Å². The second-order valence-electron chi connectivity index (χ2n) is 7.93. The van der Waals surface area contributed by atoms with Gasteiger partial charge in [-0.1, -0.05) is 5.21 Å². The van der Waals surface area contributed by atoms with Gasteiger partial charge in [0.2, 0.25) is 11.8 Å². The highest BCUT2D eigenvalue weighted by atomic mass is 19.4. The van der Waals surface area contributed by atoms with Gasteiger partial charge in [0.25, 0.3) is 5.91 Å². The van der Waals surface area contributed by atoms with Gasteiger partial charge < -0.3 is 14.6 Å². The Morgan fingerprint density at radius 3 is 2.61 bits per heavy atom. The molecule has 3 aromatic rings. The monoisotopic (exact) mass is 505 g/mol. The number of nitrogens with one attached hydrogen (secondary N) is 1. The molecule has 1 saturated heterocycles. The average molecular weight is 505 g/mol. The number of carboxylic acids is 1. The van der Waals surface area contributed by atoms with Gasteiger partial charge in [-0.3, -0.25) is 19.7 Å². The van der Waals surface area contributed by atoms with Crippen LogP contribution in [0, 0.1) is 0 Å². The number of rotatable bonds is 4. The summed E-state index contributed by atoms with van der Waals surface area (Å²) in [5, 5.41) is 17.8. The summed E-state index contributed by atoms with van der Waals surface area (Å²) in [6.07, 6.45) is 2.60. The molecule has 5 rings (SSSR count). The van der Waals surface area contributed by atoms with Crippen molar-refractivity contribution in [1.29, 1.82) is 0 Å². The van der Waals surface area contributed by atoms with Gasteiger partial charge in [-0.2, -0.15) is 13.2 Å². The molecule has 1 atom stereocenters. The van der Waals surface area contributed by atoms with Crippen molar-refractivity contribution in [2.24, 2.45) is 0 Å². The quantitative estimate of drug-likeness (QED) is 0.497. The number of amides is 3. The van der Waals surface area contributed by atoms with Gasteiger partial charge in [-0.15, -0.1) is 5.10 Å². The van der Waals surface area contributed by atoms with E-state index in [9.17, 15) is 27.6 Å². The van der Waals surface area contributed by atoms with Gasteiger partial charge in [0.05, 0.1) is 24.8 Å². The van der Waals surface area contributed by atoms with Crippen LogP contribution in [0.3, 0.4) is 0 Å². The number of carbonyl (C=O) groups excluding carboxylic acids is 3. The summed E-state index contributed by atoms with van der Waals surface area (Å²) >= 11 is 0.